The van der Waals surface area contributed by atoms with Crippen molar-refractivity contribution in [3.8, 4) is 0 Å². The van der Waals surface area contributed by atoms with Crippen LogP contribution in [-0.2, 0) is 27.4 Å². The van der Waals surface area contributed by atoms with Crippen LogP contribution in [0.15, 0.2) is 29.3 Å². The zero-order chi connectivity index (χ0) is 22.3. The van der Waals surface area contributed by atoms with Gasteiger partial charge in [-0.25, -0.2) is 4.99 Å². The highest BCUT2D eigenvalue weighted by atomic mass is 127. The lowest BCUT2D eigenvalue weighted by Gasteiger charge is -2.34. The Bertz CT molecular complexity index is 645. The number of halogens is 1. The molecule has 1 aliphatic heterocycles. The fourth-order valence-corrected chi connectivity index (χ4v) is 3.58. The van der Waals surface area contributed by atoms with Gasteiger partial charge in [-0.2, -0.15) is 0 Å². The predicted octanol–water partition coefficient (Wildman–Crippen LogP) is 3.27. The van der Waals surface area contributed by atoms with Crippen LogP contribution in [0.3, 0.4) is 0 Å². The van der Waals surface area contributed by atoms with Crippen LogP contribution in [0, 0.1) is 5.92 Å². The molecule has 0 bridgehead atoms. The van der Waals surface area contributed by atoms with Crippen molar-refractivity contribution in [2.45, 2.75) is 47.0 Å². The zero-order valence-corrected chi connectivity index (χ0v) is 22.6. The summed E-state index contributed by atoms with van der Waals surface area (Å²) in [4.78, 5) is 7.25. The Labute approximate surface area is 211 Å². The Kier molecular flexibility index (Phi) is 15.9. The summed E-state index contributed by atoms with van der Waals surface area (Å²) in [6, 6.07) is 8.40. The molecule has 0 spiro atoms. The van der Waals surface area contributed by atoms with Crippen LogP contribution in [0.25, 0.3) is 0 Å². The molecule has 1 aliphatic rings. The topological polar surface area (TPSA) is 67.4 Å². The van der Waals surface area contributed by atoms with E-state index in [1.165, 1.54) is 5.56 Å². The average Bonchev–Trinajstić information content (AvgIpc) is 2.76. The first-order valence-electron chi connectivity index (χ1n) is 11.7. The first kappa shape index (κ1) is 29.1. The standard InChI is InChI=1S/C24H42N4O3.HI/c1-5-25-24(27-16-23-18-28(10-11-31-23)17-20(3)4)26-15-21-8-7-9-22(14-21)19-30-13-12-29-6-2;/h7-9,14,20,23H,5-6,10-13,15-19H2,1-4H3,(H2,25,26,27);1H. The molecule has 1 aromatic rings. The van der Waals surface area contributed by atoms with Gasteiger partial charge in [0.05, 0.1) is 39.1 Å². The molecule has 0 radical (unpaired) electrons. The first-order valence-corrected chi connectivity index (χ1v) is 11.7. The third kappa shape index (κ3) is 12.3. The van der Waals surface area contributed by atoms with E-state index in [0.717, 1.165) is 57.5 Å². The number of guanidine groups is 1. The third-order valence-electron chi connectivity index (χ3n) is 4.94. The minimum atomic E-state index is 0. The number of ether oxygens (including phenoxy) is 3. The molecule has 8 heteroatoms. The van der Waals surface area contributed by atoms with Crippen molar-refractivity contribution in [3.63, 3.8) is 0 Å². The van der Waals surface area contributed by atoms with Crippen LogP contribution in [0.2, 0.25) is 0 Å². The van der Waals surface area contributed by atoms with Crippen LogP contribution in [0.1, 0.15) is 38.8 Å². The van der Waals surface area contributed by atoms with Gasteiger partial charge < -0.3 is 24.8 Å². The summed E-state index contributed by atoms with van der Waals surface area (Å²) in [5, 5.41) is 6.79. The van der Waals surface area contributed by atoms with Gasteiger partial charge in [0.1, 0.15) is 0 Å². The van der Waals surface area contributed by atoms with Crippen molar-refractivity contribution in [3.05, 3.63) is 35.4 Å². The molecule has 0 aromatic heterocycles. The maximum absolute atomic E-state index is 5.95. The second kappa shape index (κ2) is 17.5. The Morgan fingerprint density at radius 2 is 1.97 bits per heavy atom. The highest BCUT2D eigenvalue weighted by Crippen LogP contribution is 2.09. The summed E-state index contributed by atoms with van der Waals surface area (Å²) >= 11 is 0. The quantitative estimate of drug-likeness (QED) is 0.167. The smallest absolute Gasteiger partial charge is 0.191 e. The number of hydrogen-bond acceptors (Lipinski definition) is 5. The van der Waals surface area contributed by atoms with E-state index >= 15 is 0 Å². The van der Waals surface area contributed by atoms with E-state index in [4.69, 9.17) is 19.2 Å². The van der Waals surface area contributed by atoms with Crippen molar-refractivity contribution >= 4 is 29.9 Å². The molecular formula is C24H43IN4O3. The van der Waals surface area contributed by atoms with Gasteiger partial charge in [-0.15, -0.1) is 24.0 Å². The van der Waals surface area contributed by atoms with E-state index in [9.17, 15) is 0 Å². The molecule has 0 amide bonds. The Balaban J connectivity index is 0.00000512. The highest BCUT2D eigenvalue weighted by Gasteiger charge is 2.21. The number of rotatable bonds is 13. The number of hydrogen-bond donors (Lipinski definition) is 2. The Morgan fingerprint density at radius 3 is 2.72 bits per heavy atom. The zero-order valence-electron chi connectivity index (χ0n) is 20.3. The van der Waals surface area contributed by atoms with Crippen molar-refractivity contribution in [2.75, 3.05) is 59.2 Å². The first-order chi connectivity index (χ1) is 15.1. The molecule has 1 heterocycles. The minimum Gasteiger partial charge on any atom is -0.379 e. The number of morpholine rings is 1. The summed E-state index contributed by atoms with van der Waals surface area (Å²) in [6.07, 6.45) is 0.188. The van der Waals surface area contributed by atoms with Gasteiger partial charge >= 0.3 is 0 Å². The molecule has 1 aromatic carbocycles. The molecule has 0 saturated carbocycles. The molecular weight excluding hydrogens is 519 g/mol. The van der Waals surface area contributed by atoms with Gasteiger partial charge in [0.25, 0.3) is 0 Å². The molecule has 2 rings (SSSR count). The fraction of sp³-hybridized carbons (Fsp3) is 0.708. The number of nitrogens with zero attached hydrogens (tertiary/aromatic N) is 2. The van der Waals surface area contributed by atoms with Crippen LogP contribution in [-0.4, -0.2) is 76.1 Å². The number of benzene rings is 1. The summed E-state index contributed by atoms with van der Waals surface area (Å²) in [5.74, 6) is 1.50. The average molecular weight is 563 g/mol. The molecule has 2 N–H and O–H groups in total. The van der Waals surface area contributed by atoms with E-state index in [0.29, 0.717) is 32.3 Å². The maximum Gasteiger partial charge on any atom is 0.191 e. The second-order valence-corrected chi connectivity index (χ2v) is 8.29. The highest BCUT2D eigenvalue weighted by molar-refractivity contribution is 14.0. The monoisotopic (exact) mass is 562 g/mol. The molecule has 1 fully saturated rings. The van der Waals surface area contributed by atoms with E-state index < -0.39 is 0 Å². The van der Waals surface area contributed by atoms with E-state index in [1.807, 2.05) is 6.92 Å². The van der Waals surface area contributed by atoms with Crippen molar-refractivity contribution < 1.29 is 14.2 Å². The van der Waals surface area contributed by atoms with Crippen molar-refractivity contribution in [1.29, 1.82) is 0 Å². The number of aliphatic imine (C=N–C) groups is 1. The Hall–Kier alpha value is -0.940. The lowest BCUT2D eigenvalue weighted by Crippen LogP contribution is -2.50. The van der Waals surface area contributed by atoms with Crippen molar-refractivity contribution in [1.82, 2.24) is 15.5 Å². The molecule has 7 nitrogen and oxygen atoms in total. The predicted molar refractivity (Wildman–Crippen MR) is 142 cm³/mol. The fourth-order valence-electron chi connectivity index (χ4n) is 3.58. The van der Waals surface area contributed by atoms with Crippen LogP contribution in [0.5, 0.6) is 0 Å². The van der Waals surface area contributed by atoms with Gasteiger partial charge in [-0.05, 0) is 30.9 Å². The summed E-state index contributed by atoms with van der Waals surface area (Å²) in [7, 11) is 0. The van der Waals surface area contributed by atoms with Gasteiger partial charge in [0.15, 0.2) is 5.96 Å². The van der Waals surface area contributed by atoms with E-state index in [2.05, 4.69) is 60.6 Å². The molecule has 0 aliphatic carbocycles. The van der Waals surface area contributed by atoms with Crippen LogP contribution in [0.4, 0.5) is 0 Å². The largest absolute Gasteiger partial charge is 0.379 e. The second-order valence-electron chi connectivity index (χ2n) is 8.29. The van der Waals surface area contributed by atoms with Crippen LogP contribution < -0.4 is 10.6 Å². The maximum atomic E-state index is 5.95. The molecule has 184 valence electrons. The molecule has 1 saturated heterocycles. The summed E-state index contributed by atoms with van der Waals surface area (Å²) in [6.45, 7) is 17.3. The Morgan fingerprint density at radius 1 is 1.19 bits per heavy atom. The molecule has 1 atom stereocenters. The van der Waals surface area contributed by atoms with Gasteiger partial charge in [0.2, 0.25) is 0 Å². The van der Waals surface area contributed by atoms with Crippen molar-refractivity contribution in [2.24, 2.45) is 10.9 Å². The van der Waals surface area contributed by atoms with Gasteiger partial charge in [-0.3, -0.25) is 4.90 Å². The lowest BCUT2D eigenvalue weighted by molar-refractivity contribution is -0.0284. The van der Waals surface area contributed by atoms with E-state index in [-0.39, 0.29) is 30.1 Å². The number of nitrogens with one attached hydrogen (secondary N) is 2. The normalized spacial score (nSPS) is 17.3. The lowest BCUT2D eigenvalue weighted by atomic mass is 10.1. The van der Waals surface area contributed by atoms with E-state index in [1.54, 1.807) is 0 Å². The molecule has 32 heavy (non-hydrogen) atoms. The molecule has 1 unspecified atom stereocenters. The SMILES string of the molecule is CCNC(=NCc1cccc(COCCOCC)c1)NCC1CN(CC(C)C)CCO1.I. The van der Waals surface area contributed by atoms with Crippen LogP contribution >= 0.6 is 24.0 Å². The summed E-state index contributed by atoms with van der Waals surface area (Å²) in [5.41, 5.74) is 2.32. The third-order valence-corrected chi connectivity index (χ3v) is 4.94. The minimum absolute atomic E-state index is 0. The van der Waals surface area contributed by atoms with Gasteiger partial charge in [0, 0.05) is 39.3 Å². The van der Waals surface area contributed by atoms with Gasteiger partial charge in [-0.1, -0.05) is 38.1 Å². The summed E-state index contributed by atoms with van der Waals surface area (Å²) < 4.78 is 16.9.